The quantitative estimate of drug-likeness (QED) is 0.578. The topological polar surface area (TPSA) is 61.9 Å². The van der Waals surface area contributed by atoms with Crippen LogP contribution in [0, 0.1) is 23.7 Å². The van der Waals surface area contributed by atoms with Crippen LogP contribution in [0.15, 0.2) is 54.6 Å². The molecule has 3 aromatic rings. The molecule has 2 aliphatic heterocycles. The second-order valence-corrected chi connectivity index (χ2v) is 8.52. The summed E-state index contributed by atoms with van der Waals surface area (Å²) in [6, 6.07) is 19.2. The number of anilines is 1. The van der Waals surface area contributed by atoms with Crippen LogP contribution < -0.4 is 4.90 Å². The number of Topliss-reactive ketones (excluding diaryl/α,β-unsaturated/α-hetero) is 1. The number of ketones is 1. The third kappa shape index (κ3) is 2.68. The average Bonchev–Trinajstić information content (AvgIpc) is 3.39. The second kappa shape index (κ2) is 7.00. The van der Waals surface area contributed by atoms with Crippen LogP contribution >= 0.6 is 11.6 Å². The number of benzene rings is 2. The summed E-state index contributed by atoms with van der Waals surface area (Å²) in [5.41, 5.74) is 2.24. The number of aromatic nitrogens is 2. The van der Waals surface area contributed by atoms with Gasteiger partial charge in [0, 0.05) is 29.1 Å². The third-order valence-corrected chi connectivity index (χ3v) is 6.67. The molecule has 1 aromatic heterocycles. The number of halogens is 1. The van der Waals surface area contributed by atoms with Crippen LogP contribution in [-0.2, 0) is 6.42 Å². The van der Waals surface area contributed by atoms with Gasteiger partial charge in [-0.15, -0.1) is 0 Å². The van der Waals surface area contributed by atoms with Crippen LogP contribution in [0.25, 0.3) is 5.69 Å². The zero-order valence-electron chi connectivity index (χ0n) is 16.7. The van der Waals surface area contributed by atoms with Gasteiger partial charge in [-0.3, -0.25) is 4.79 Å². The number of hydrogen-bond donors (Lipinski definition) is 0. The Morgan fingerprint density at radius 1 is 1.20 bits per heavy atom. The van der Waals surface area contributed by atoms with E-state index in [0.717, 1.165) is 42.1 Å². The molecule has 1 fully saturated rings. The van der Waals surface area contributed by atoms with Crippen LogP contribution in [0.3, 0.4) is 0 Å². The molecule has 1 saturated heterocycles. The van der Waals surface area contributed by atoms with Gasteiger partial charge in [0.2, 0.25) is 0 Å². The first-order chi connectivity index (χ1) is 14.5. The summed E-state index contributed by atoms with van der Waals surface area (Å²) in [6.07, 6.45) is 2.13. The molecular formula is C24H21ClN4O. The van der Waals surface area contributed by atoms with Crippen molar-refractivity contribution in [2.45, 2.75) is 32.2 Å². The lowest BCUT2D eigenvalue weighted by molar-refractivity contribution is 0.0821. The van der Waals surface area contributed by atoms with Gasteiger partial charge >= 0.3 is 0 Å². The van der Waals surface area contributed by atoms with Gasteiger partial charge in [0.05, 0.1) is 23.5 Å². The number of fused-ring (bicyclic) bond motifs is 3. The second-order valence-electron chi connectivity index (χ2n) is 8.08. The minimum atomic E-state index is -1.13. The van der Waals surface area contributed by atoms with E-state index in [1.165, 1.54) is 0 Å². The minimum Gasteiger partial charge on any atom is -0.351 e. The molecule has 3 heterocycles. The molecule has 0 spiro atoms. The van der Waals surface area contributed by atoms with Crippen LogP contribution in [0.2, 0.25) is 5.02 Å². The highest BCUT2D eigenvalue weighted by atomic mass is 35.5. The molecular weight excluding hydrogens is 396 g/mol. The van der Waals surface area contributed by atoms with Crippen molar-refractivity contribution in [3.05, 3.63) is 76.4 Å². The number of carbonyl (C=O) groups is 1. The Hall–Kier alpha value is -3.10. The standard InChI is InChI=1S/C24H21ClN4O/c1-16-20-14-24(15-26,22(30)17-9-11-18(25)12-10-17)21-8-5-13-28(21)23(20)29(27-16)19-6-3-2-4-7-19/h2-4,6-7,9-12,21H,5,8,13-14H2,1H3/t21-,24-/m1/s1. The van der Waals surface area contributed by atoms with Crippen molar-refractivity contribution < 1.29 is 4.79 Å². The Kier molecular flexibility index (Phi) is 4.41. The molecule has 0 unspecified atom stereocenters. The summed E-state index contributed by atoms with van der Waals surface area (Å²) >= 11 is 6.01. The predicted octanol–water partition coefficient (Wildman–Crippen LogP) is 4.75. The zero-order valence-corrected chi connectivity index (χ0v) is 17.4. The van der Waals surface area contributed by atoms with Gasteiger partial charge in [-0.1, -0.05) is 29.8 Å². The van der Waals surface area contributed by atoms with E-state index in [9.17, 15) is 10.1 Å². The van der Waals surface area contributed by atoms with Crippen molar-refractivity contribution in [1.82, 2.24) is 9.78 Å². The van der Waals surface area contributed by atoms with Crippen LogP contribution in [0.5, 0.6) is 0 Å². The van der Waals surface area contributed by atoms with Crippen molar-refractivity contribution in [2.75, 3.05) is 11.4 Å². The molecule has 150 valence electrons. The first-order valence-corrected chi connectivity index (χ1v) is 10.5. The fraction of sp³-hybridized carbons (Fsp3) is 0.292. The van der Waals surface area contributed by atoms with Crippen LogP contribution in [0.4, 0.5) is 5.82 Å². The van der Waals surface area contributed by atoms with E-state index in [1.54, 1.807) is 24.3 Å². The van der Waals surface area contributed by atoms with Crippen molar-refractivity contribution in [3.63, 3.8) is 0 Å². The largest absolute Gasteiger partial charge is 0.351 e. The maximum Gasteiger partial charge on any atom is 0.185 e. The highest BCUT2D eigenvalue weighted by Crippen LogP contribution is 2.48. The van der Waals surface area contributed by atoms with Gasteiger partial charge in [0.25, 0.3) is 0 Å². The molecule has 0 saturated carbocycles. The van der Waals surface area contributed by atoms with Crippen molar-refractivity contribution in [3.8, 4) is 11.8 Å². The SMILES string of the molecule is Cc1nn(-c2ccccc2)c2c1C[C@](C#N)(C(=O)c1ccc(Cl)cc1)[C@H]1CCCN21. The normalized spacial score (nSPS) is 22.3. The fourth-order valence-corrected chi connectivity index (χ4v) is 5.11. The Bertz CT molecular complexity index is 1160. The number of para-hydroxylation sites is 1. The number of aryl methyl sites for hydroxylation is 1. The Labute approximate surface area is 180 Å². The molecule has 0 radical (unpaired) electrons. The Balaban J connectivity index is 1.66. The van der Waals surface area contributed by atoms with Gasteiger partial charge < -0.3 is 4.90 Å². The maximum atomic E-state index is 13.7. The first kappa shape index (κ1) is 18.9. The summed E-state index contributed by atoms with van der Waals surface area (Å²) in [4.78, 5) is 15.9. The minimum absolute atomic E-state index is 0.129. The van der Waals surface area contributed by atoms with E-state index in [1.807, 2.05) is 41.9 Å². The average molecular weight is 417 g/mol. The molecule has 30 heavy (non-hydrogen) atoms. The summed E-state index contributed by atoms with van der Waals surface area (Å²) in [5, 5.41) is 15.7. The lowest BCUT2D eigenvalue weighted by Gasteiger charge is -2.42. The lowest BCUT2D eigenvalue weighted by Crippen LogP contribution is -2.53. The monoisotopic (exact) mass is 416 g/mol. The molecule has 2 aliphatic rings. The van der Waals surface area contributed by atoms with E-state index in [-0.39, 0.29) is 11.8 Å². The van der Waals surface area contributed by atoms with E-state index in [0.29, 0.717) is 17.0 Å². The predicted molar refractivity (Wildman–Crippen MR) is 116 cm³/mol. The van der Waals surface area contributed by atoms with Gasteiger partial charge in [-0.2, -0.15) is 10.4 Å². The molecule has 2 aromatic carbocycles. The Morgan fingerprint density at radius 2 is 1.93 bits per heavy atom. The fourth-order valence-electron chi connectivity index (χ4n) is 4.98. The summed E-state index contributed by atoms with van der Waals surface area (Å²) in [5.74, 6) is 0.895. The smallest absolute Gasteiger partial charge is 0.185 e. The van der Waals surface area contributed by atoms with E-state index >= 15 is 0 Å². The van der Waals surface area contributed by atoms with Crippen molar-refractivity contribution in [1.29, 1.82) is 5.26 Å². The highest BCUT2D eigenvalue weighted by molar-refractivity contribution is 6.30. The van der Waals surface area contributed by atoms with Crippen LogP contribution in [0.1, 0.15) is 34.5 Å². The molecule has 0 N–H and O–H groups in total. The van der Waals surface area contributed by atoms with Gasteiger partial charge in [-0.05, 0) is 56.2 Å². The molecule has 0 aliphatic carbocycles. The van der Waals surface area contributed by atoms with Gasteiger partial charge in [-0.25, -0.2) is 4.68 Å². The number of carbonyl (C=O) groups excluding carboxylic acids is 1. The lowest BCUT2D eigenvalue weighted by atomic mass is 9.68. The number of hydrogen-bond acceptors (Lipinski definition) is 4. The summed E-state index contributed by atoms with van der Waals surface area (Å²) < 4.78 is 1.97. The van der Waals surface area contributed by atoms with E-state index < -0.39 is 5.41 Å². The summed E-state index contributed by atoms with van der Waals surface area (Å²) in [7, 11) is 0. The third-order valence-electron chi connectivity index (χ3n) is 6.42. The van der Waals surface area contributed by atoms with E-state index in [2.05, 4.69) is 11.0 Å². The molecule has 0 amide bonds. The van der Waals surface area contributed by atoms with Crippen molar-refractivity contribution in [2.24, 2.45) is 5.41 Å². The molecule has 5 nitrogen and oxygen atoms in total. The maximum absolute atomic E-state index is 13.7. The number of nitrogens with zero attached hydrogens (tertiary/aromatic N) is 4. The molecule has 0 bridgehead atoms. The molecule has 6 heteroatoms. The van der Waals surface area contributed by atoms with E-state index in [4.69, 9.17) is 16.7 Å². The first-order valence-electron chi connectivity index (χ1n) is 10.2. The molecule has 5 rings (SSSR count). The number of rotatable bonds is 3. The number of nitriles is 1. The van der Waals surface area contributed by atoms with Gasteiger partial charge in [0.15, 0.2) is 5.78 Å². The van der Waals surface area contributed by atoms with Gasteiger partial charge in [0.1, 0.15) is 11.2 Å². The van der Waals surface area contributed by atoms with Crippen LogP contribution in [-0.4, -0.2) is 28.2 Å². The zero-order chi connectivity index (χ0) is 20.9. The highest BCUT2D eigenvalue weighted by Gasteiger charge is 2.55. The Morgan fingerprint density at radius 3 is 2.63 bits per heavy atom. The summed E-state index contributed by atoms with van der Waals surface area (Å²) in [6.45, 7) is 2.77. The molecule has 2 atom stereocenters. The van der Waals surface area contributed by atoms with Crippen molar-refractivity contribution >= 4 is 23.2 Å².